The molecule has 0 radical (unpaired) electrons. The number of nitrogens with zero attached hydrogens (tertiary/aromatic N) is 2. The van der Waals surface area contributed by atoms with E-state index >= 15 is 0 Å². The molecule has 1 amide bonds. The summed E-state index contributed by atoms with van der Waals surface area (Å²) in [5, 5.41) is 10.8. The maximum atomic E-state index is 13.1. The van der Waals surface area contributed by atoms with Gasteiger partial charge in [0.1, 0.15) is 17.6 Å². The molecule has 126 valence electrons. The molecule has 1 saturated carbocycles. The number of benzene rings is 1. The Kier molecular flexibility index (Phi) is 3.00. The van der Waals surface area contributed by atoms with Crippen molar-refractivity contribution in [3.63, 3.8) is 0 Å². The molecule has 5 rings (SSSR count). The Hall–Kier alpha value is -3.02. The Morgan fingerprint density at radius 1 is 1.20 bits per heavy atom. The molecule has 1 aliphatic carbocycles. The molecule has 1 fully saturated rings. The van der Waals surface area contributed by atoms with Crippen LogP contribution in [0.1, 0.15) is 40.7 Å². The molecular weight excluding hydrogens is 316 g/mol. The molecule has 6 heteroatoms. The van der Waals surface area contributed by atoms with Crippen molar-refractivity contribution in [1.82, 2.24) is 15.1 Å². The molecule has 0 unspecified atom stereocenters. The Morgan fingerprint density at radius 3 is 2.80 bits per heavy atom. The van der Waals surface area contributed by atoms with E-state index in [1.807, 2.05) is 48.2 Å². The second kappa shape index (κ2) is 5.24. The van der Waals surface area contributed by atoms with Gasteiger partial charge in [-0.25, -0.2) is 0 Å². The second-order valence-electron chi connectivity index (χ2n) is 6.65. The van der Waals surface area contributed by atoms with Gasteiger partial charge in [0.2, 0.25) is 0 Å². The molecule has 3 heterocycles. The molecule has 1 atom stereocenters. The van der Waals surface area contributed by atoms with Crippen LogP contribution in [0.25, 0.3) is 11.5 Å². The summed E-state index contributed by atoms with van der Waals surface area (Å²) in [5.41, 5.74) is 3.31. The summed E-state index contributed by atoms with van der Waals surface area (Å²) >= 11 is 0. The molecule has 0 spiro atoms. The number of carbonyl (C=O) groups is 1. The molecular formula is C19H18N4O2. The number of rotatable bonds is 3. The lowest BCUT2D eigenvalue weighted by atomic mass is 10.0. The molecule has 2 aromatic heterocycles. The van der Waals surface area contributed by atoms with Gasteiger partial charge in [0.05, 0.1) is 11.8 Å². The number of anilines is 1. The number of hydrogen-bond acceptors (Lipinski definition) is 4. The highest BCUT2D eigenvalue weighted by Crippen LogP contribution is 2.42. The minimum atomic E-state index is -0.256. The standard InChI is InChI=1S/C19H18N4O2/c1-11-6-9-16(25-11)17-14(10-20-22-17)18-21-15-5-3-2-4-13(15)19(24)23(18)12-7-8-12/h2-6,9-10,12,18,21H,7-8H2,1H3,(H,20,22)/t18-/m0/s1. The Labute approximate surface area is 144 Å². The van der Waals surface area contributed by atoms with Crippen LogP contribution in [0.3, 0.4) is 0 Å². The van der Waals surface area contributed by atoms with E-state index in [-0.39, 0.29) is 18.1 Å². The van der Waals surface area contributed by atoms with Crippen LogP contribution >= 0.6 is 0 Å². The van der Waals surface area contributed by atoms with Gasteiger partial charge in [0, 0.05) is 17.3 Å². The number of H-pyrrole nitrogens is 1. The first-order valence-electron chi connectivity index (χ1n) is 8.50. The van der Waals surface area contributed by atoms with E-state index in [1.165, 1.54) is 0 Å². The number of furan rings is 1. The van der Waals surface area contributed by atoms with E-state index in [2.05, 4.69) is 15.5 Å². The second-order valence-corrected chi connectivity index (χ2v) is 6.65. The van der Waals surface area contributed by atoms with Crippen molar-refractivity contribution >= 4 is 11.6 Å². The SMILES string of the molecule is Cc1ccc(-c2[nH]ncc2[C@H]2Nc3ccccc3C(=O)N2C2CC2)o1. The molecule has 1 aliphatic heterocycles. The third-order valence-electron chi connectivity index (χ3n) is 4.85. The van der Waals surface area contributed by atoms with E-state index in [0.29, 0.717) is 0 Å². The number of aromatic nitrogens is 2. The van der Waals surface area contributed by atoms with Gasteiger partial charge in [-0.3, -0.25) is 9.89 Å². The van der Waals surface area contributed by atoms with Gasteiger partial charge in [0.25, 0.3) is 5.91 Å². The Morgan fingerprint density at radius 2 is 2.04 bits per heavy atom. The topological polar surface area (TPSA) is 74.2 Å². The fourth-order valence-electron chi connectivity index (χ4n) is 3.49. The van der Waals surface area contributed by atoms with Crippen LogP contribution in [0, 0.1) is 6.92 Å². The first-order chi connectivity index (χ1) is 12.2. The minimum Gasteiger partial charge on any atom is -0.460 e. The summed E-state index contributed by atoms with van der Waals surface area (Å²) in [7, 11) is 0. The molecule has 3 aromatic rings. The molecule has 2 N–H and O–H groups in total. The highest BCUT2D eigenvalue weighted by molar-refractivity contribution is 6.02. The zero-order valence-corrected chi connectivity index (χ0v) is 13.8. The van der Waals surface area contributed by atoms with Crippen molar-refractivity contribution in [2.45, 2.75) is 32.0 Å². The number of hydrogen-bond donors (Lipinski definition) is 2. The van der Waals surface area contributed by atoms with Crippen LogP contribution in [-0.2, 0) is 0 Å². The van der Waals surface area contributed by atoms with E-state index in [4.69, 9.17) is 4.42 Å². The number of nitrogens with one attached hydrogen (secondary N) is 2. The van der Waals surface area contributed by atoms with Crippen molar-refractivity contribution in [3.8, 4) is 11.5 Å². The van der Waals surface area contributed by atoms with Crippen LogP contribution in [0.2, 0.25) is 0 Å². The average molecular weight is 334 g/mol. The first kappa shape index (κ1) is 14.3. The predicted molar refractivity (Wildman–Crippen MR) is 93.0 cm³/mol. The zero-order chi connectivity index (χ0) is 17.0. The van der Waals surface area contributed by atoms with Crippen molar-refractivity contribution in [2.75, 3.05) is 5.32 Å². The molecule has 6 nitrogen and oxygen atoms in total. The molecule has 0 bridgehead atoms. The van der Waals surface area contributed by atoms with Gasteiger partial charge >= 0.3 is 0 Å². The molecule has 25 heavy (non-hydrogen) atoms. The number of carbonyl (C=O) groups excluding carboxylic acids is 1. The number of aromatic amines is 1. The maximum Gasteiger partial charge on any atom is 0.258 e. The quantitative estimate of drug-likeness (QED) is 0.766. The molecule has 1 aromatic carbocycles. The van der Waals surface area contributed by atoms with Gasteiger partial charge in [-0.2, -0.15) is 5.10 Å². The summed E-state index contributed by atoms with van der Waals surface area (Å²) in [6, 6.07) is 11.8. The summed E-state index contributed by atoms with van der Waals surface area (Å²) < 4.78 is 5.76. The molecule has 2 aliphatic rings. The fourth-order valence-corrected chi connectivity index (χ4v) is 3.49. The van der Waals surface area contributed by atoms with Crippen molar-refractivity contribution < 1.29 is 9.21 Å². The van der Waals surface area contributed by atoms with Gasteiger partial charge < -0.3 is 14.6 Å². The summed E-state index contributed by atoms with van der Waals surface area (Å²) in [4.78, 5) is 15.0. The van der Waals surface area contributed by atoms with Gasteiger partial charge in [-0.1, -0.05) is 12.1 Å². The number of fused-ring (bicyclic) bond motifs is 1. The van der Waals surface area contributed by atoms with E-state index < -0.39 is 0 Å². The largest absolute Gasteiger partial charge is 0.460 e. The predicted octanol–water partition coefficient (Wildman–Crippen LogP) is 3.71. The lowest BCUT2D eigenvalue weighted by Crippen LogP contribution is -2.44. The number of amides is 1. The summed E-state index contributed by atoms with van der Waals surface area (Å²) in [6.45, 7) is 1.91. The number of aryl methyl sites for hydroxylation is 1. The first-order valence-corrected chi connectivity index (χ1v) is 8.50. The monoisotopic (exact) mass is 334 g/mol. The fraction of sp³-hybridized carbons (Fsp3) is 0.263. The van der Waals surface area contributed by atoms with E-state index in [9.17, 15) is 4.79 Å². The third kappa shape index (κ3) is 2.25. The van der Waals surface area contributed by atoms with Gasteiger partial charge in [0.15, 0.2) is 5.76 Å². The summed E-state index contributed by atoms with van der Waals surface area (Å²) in [6.07, 6.45) is 3.61. The van der Waals surface area contributed by atoms with Crippen LogP contribution in [0.5, 0.6) is 0 Å². The normalized spacial score (nSPS) is 19.6. The van der Waals surface area contributed by atoms with Crippen LogP contribution in [-0.4, -0.2) is 27.0 Å². The lowest BCUT2D eigenvalue weighted by Gasteiger charge is -2.38. The highest BCUT2D eigenvalue weighted by Gasteiger charge is 2.43. The van der Waals surface area contributed by atoms with Gasteiger partial charge in [-0.15, -0.1) is 0 Å². The van der Waals surface area contributed by atoms with E-state index in [0.717, 1.165) is 46.9 Å². The lowest BCUT2D eigenvalue weighted by molar-refractivity contribution is 0.0667. The van der Waals surface area contributed by atoms with Gasteiger partial charge in [-0.05, 0) is 44.0 Å². The Bertz CT molecular complexity index is 954. The summed E-state index contributed by atoms with van der Waals surface area (Å²) in [5.74, 6) is 1.64. The zero-order valence-electron chi connectivity index (χ0n) is 13.8. The minimum absolute atomic E-state index is 0.0737. The highest BCUT2D eigenvalue weighted by atomic mass is 16.3. The van der Waals surface area contributed by atoms with E-state index in [1.54, 1.807) is 6.20 Å². The van der Waals surface area contributed by atoms with Crippen molar-refractivity contribution in [2.24, 2.45) is 0 Å². The number of para-hydroxylation sites is 1. The maximum absolute atomic E-state index is 13.1. The average Bonchev–Trinajstić information content (AvgIpc) is 3.16. The third-order valence-corrected chi connectivity index (χ3v) is 4.85. The van der Waals surface area contributed by atoms with Crippen molar-refractivity contribution in [3.05, 3.63) is 59.5 Å². The van der Waals surface area contributed by atoms with Crippen molar-refractivity contribution in [1.29, 1.82) is 0 Å². The Balaban J connectivity index is 1.62. The van der Waals surface area contributed by atoms with Crippen LogP contribution in [0.4, 0.5) is 5.69 Å². The molecule has 0 saturated heterocycles. The van der Waals surface area contributed by atoms with Crippen LogP contribution in [0.15, 0.2) is 47.0 Å². The van der Waals surface area contributed by atoms with Crippen LogP contribution < -0.4 is 5.32 Å². The smallest absolute Gasteiger partial charge is 0.258 e.